The van der Waals surface area contributed by atoms with Crippen LogP contribution in [0.4, 0.5) is 16.3 Å². The van der Waals surface area contributed by atoms with Crippen LogP contribution in [-0.4, -0.2) is 39.6 Å². The van der Waals surface area contributed by atoms with Crippen molar-refractivity contribution in [3.8, 4) is 0 Å². The molecule has 1 unspecified atom stereocenters. The van der Waals surface area contributed by atoms with Crippen molar-refractivity contribution in [3.63, 3.8) is 0 Å². The number of nitrogens with zero attached hydrogens (tertiary/aromatic N) is 3. The number of ether oxygens (including phenoxy) is 1. The highest BCUT2D eigenvalue weighted by atomic mass is 32.2. The van der Waals surface area contributed by atoms with Crippen molar-refractivity contribution in [1.29, 1.82) is 0 Å². The van der Waals surface area contributed by atoms with Crippen LogP contribution in [0.3, 0.4) is 0 Å². The summed E-state index contributed by atoms with van der Waals surface area (Å²) in [5.74, 6) is 3.45. The smallest absolute Gasteiger partial charge is 0.411 e. The van der Waals surface area contributed by atoms with Crippen LogP contribution in [0.1, 0.15) is 37.8 Å². The lowest BCUT2D eigenvalue weighted by Gasteiger charge is -2.27. The Morgan fingerprint density at radius 1 is 1.34 bits per heavy atom. The number of carbonyl (C=O) groups is 1. The summed E-state index contributed by atoms with van der Waals surface area (Å²) in [6.07, 6.45) is 8.80. The van der Waals surface area contributed by atoms with Gasteiger partial charge in [-0.1, -0.05) is 6.92 Å². The minimum absolute atomic E-state index is 0.412. The van der Waals surface area contributed by atoms with Crippen molar-refractivity contribution in [1.82, 2.24) is 14.5 Å². The molecule has 3 aliphatic rings. The second kappa shape index (κ2) is 9.09. The van der Waals surface area contributed by atoms with Crippen molar-refractivity contribution in [2.24, 2.45) is 4.99 Å². The second-order valence-corrected chi connectivity index (χ2v) is 9.03. The van der Waals surface area contributed by atoms with E-state index >= 15 is 0 Å². The van der Waals surface area contributed by atoms with Gasteiger partial charge in [-0.3, -0.25) is 20.0 Å². The van der Waals surface area contributed by atoms with Gasteiger partial charge in [0.25, 0.3) is 0 Å². The Hall–Kier alpha value is -3.24. The number of carbonyl (C=O) groups excluding carboxylic acids is 1. The molecule has 1 aliphatic carbocycles. The SMILES string of the molecule is CCCOC(=O)Nc1ccc(SN2C=C(Nc3cc(C4CC4)[nH]n3)[NH+]3C=CN=C3C2)cc1. The summed E-state index contributed by atoms with van der Waals surface area (Å²) in [4.78, 5) is 18.4. The molecular formula is C22H26N7O2S+. The molecule has 166 valence electrons. The fourth-order valence-corrected chi connectivity index (χ4v) is 4.40. The average molecular weight is 453 g/mol. The van der Waals surface area contributed by atoms with E-state index in [2.05, 4.69) is 42.4 Å². The number of anilines is 2. The van der Waals surface area contributed by atoms with Crippen molar-refractivity contribution in [2.45, 2.75) is 37.0 Å². The highest BCUT2D eigenvalue weighted by Crippen LogP contribution is 2.39. The van der Waals surface area contributed by atoms with Crippen LogP contribution in [0.5, 0.6) is 0 Å². The van der Waals surface area contributed by atoms with E-state index in [1.165, 1.54) is 18.5 Å². The number of nitrogens with one attached hydrogen (secondary N) is 4. The highest BCUT2D eigenvalue weighted by molar-refractivity contribution is 7.97. The van der Waals surface area contributed by atoms with Gasteiger partial charge in [-0.25, -0.2) is 14.7 Å². The first-order chi connectivity index (χ1) is 15.7. The van der Waals surface area contributed by atoms with Crippen LogP contribution in [0.2, 0.25) is 0 Å². The van der Waals surface area contributed by atoms with E-state index < -0.39 is 6.09 Å². The lowest BCUT2D eigenvalue weighted by atomic mass is 10.3. The standard InChI is InChI=1S/C22H25N7O2S/c1-2-11-31-22(30)24-16-5-7-17(8-6-16)32-28-13-20-23-9-10-29(20)21(14-28)25-19-12-18(26-27-19)15-3-4-15/h5-10,12,14-15H,2-4,11,13H2,1H3,(H,24,30)(H2,25,26,27)/p+1. The second-order valence-electron chi connectivity index (χ2n) is 7.91. The molecule has 1 saturated carbocycles. The van der Waals surface area contributed by atoms with Crippen LogP contribution < -0.4 is 15.5 Å². The normalized spacial score (nSPS) is 19.3. The number of rotatable bonds is 8. The number of amidine groups is 1. The Morgan fingerprint density at radius 2 is 2.19 bits per heavy atom. The van der Waals surface area contributed by atoms with Gasteiger partial charge in [0, 0.05) is 28.3 Å². The van der Waals surface area contributed by atoms with E-state index in [9.17, 15) is 4.79 Å². The van der Waals surface area contributed by atoms with Crippen LogP contribution in [0, 0.1) is 0 Å². The van der Waals surface area contributed by atoms with E-state index in [-0.39, 0.29) is 0 Å². The fraction of sp³-hybridized carbons (Fsp3) is 0.318. The molecule has 3 heterocycles. The third-order valence-corrected chi connectivity index (χ3v) is 6.24. The van der Waals surface area contributed by atoms with Crippen LogP contribution in [0.15, 0.2) is 64.6 Å². The number of aromatic amines is 1. The van der Waals surface area contributed by atoms with Crippen LogP contribution >= 0.6 is 11.9 Å². The van der Waals surface area contributed by atoms with E-state index in [1.807, 2.05) is 43.6 Å². The fourth-order valence-electron chi connectivity index (χ4n) is 3.53. The maximum atomic E-state index is 11.7. The number of benzene rings is 1. The summed E-state index contributed by atoms with van der Waals surface area (Å²) in [5, 5.41) is 13.8. The molecule has 2 aliphatic heterocycles. The molecule has 1 amide bonds. The molecule has 32 heavy (non-hydrogen) atoms. The van der Waals surface area contributed by atoms with Crippen molar-refractivity contribution >= 4 is 35.4 Å². The molecule has 0 radical (unpaired) electrons. The Balaban J connectivity index is 1.25. The van der Waals surface area contributed by atoms with E-state index in [4.69, 9.17) is 4.74 Å². The zero-order valence-electron chi connectivity index (χ0n) is 17.8. The Kier molecular flexibility index (Phi) is 5.87. The first kappa shape index (κ1) is 20.7. The number of H-pyrrole nitrogens is 1. The third-order valence-electron chi connectivity index (χ3n) is 5.29. The van der Waals surface area contributed by atoms with Crippen LogP contribution in [-0.2, 0) is 4.74 Å². The Morgan fingerprint density at radius 3 is 2.97 bits per heavy atom. The molecule has 4 N–H and O–H groups in total. The van der Waals surface area contributed by atoms with E-state index in [0.29, 0.717) is 24.8 Å². The van der Waals surface area contributed by atoms with Gasteiger partial charge < -0.3 is 4.74 Å². The summed E-state index contributed by atoms with van der Waals surface area (Å²) in [6, 6.07) is 9.79. The number of aliphatic imine (C=N–C) groups is 1. The Labute approximate surface area is 190 Å². The average Bonchev–Trinajstić information content (AvgIpc) is 3.34. The molecule has 1 fully saturated rings. The summed E-state index contributed by atoms with van der Waals surface area (Å²) in [5.41, 5.74) is 1.90. The van der Waals surface area contributed by atoms with Crippen molar-refractivity contribution in [2.75, 3.05) is 23.8 Å². The van der Waals surface area contributed by atoms with Gasteiger partial charge in [-0.2, -0.15) is 5.10 Å². The monoisotopic (exact) mass is 452 g/mol. The van der Waals surface area contributed by atoms with E-state index in [0.717, 1.165) is 33.7 Å². The molecule has 10 heteroatoms. The first-order valence-electron chi connectivity index (χ1n) is 10.8. The lowest BCUT2D eigenvalue weighted by Crippen LogP contribution is -3.10. The lowest BCUT2D eigenvalue weighted by molar-refractivity contribution is -0.699. The van der Waals surface area contributed by atoms with Gasteiger partial charge in [0.15, 0.2) is 5.82 Å². The summed E-state index contributed by atoms with van der Waals surface area (Å²) < 4.78 is 7.20. The van der Waals surface area contributed by atoms with Crippen LogP contribution in [0.25, 0.3) is 0 Å². The molecular weight excluding hydrogens is 426 g/mol. The molecule has 5 rings (SSSR count). The maximum Gasteiger partial charge on any atom is 0.411 e. The number of aromatic nitrogens is 2. The minimum atomic E-state index is -0.431. The molecule has 2 aromatic rings. The Bertz CT molecular complexity index is 1070. The predicted octanol–water partition coefficient (Wildman–Crippen LogP) is 3.25. The third kappa shape index (κ3) is 4.81. The molecule has 9 nitrogen and oxygen atoms in total. The summed E-state index contributed by atoms with van der Waals surface area (Å²) in [6.45, 7) is 3.08. The van der Waals surface area contributed by atoms with Crippen molar-refractivity contribution < 1.29 is 14.4 Å². The minimum Gasteiger partial charge on any atom is -0.449 e. The quantitative estimate of drug-likeness (QED) is 0.459. The van der Waals surface area contributed by atoms with Gasteiger partial charge in [-0.15, -0.1) is 0 Å². The zero-order valence-corrected chi connectivity index (χ0v) is 18.6. The number of hydrogen-bond donors (Lipinski definition) is 4. The number of amides is 1. The van der Waals surface area contributed by atoms with Gasteiger partial charge in [0.1, 0.15) is 12.7 Å². The molecule has 0 bridgehead atoms. The predicted molar refractivity (Wildman–Crippen MR) is 124 cm³/mol. The summed E-state index contributed by atoms with van der Waals surface area (Å²) in [7, 11) is 0. The topological polar surface area (TPSA) is 99.1 Å². The van der Waals surface area contributed by atoms with Crippen molar-refractivity contribution in [3.05, 3.63) is 60.4 Å². The molecule has 1 aromatic heterocycles. The van der Waals surface area contributed by atoms with Gasteiger partial charge in [0.05, 0.1) is 19.0 Å². The highest BCUT2D eigenvalue weighted by Gasteiger charge is 2.32. The molecule has 1 atom stereocenters. The molecule has 0 spiro atoms. The van der Waals surface area contributed by atoms with Gasteiger partial charge >= 0.3 is 6.09 Å². The molecule has 0 saturated heterocycles. The van der Waals surface area contributed by atoms with E-state index in [1.54, 1.807) is 11.9 Å². The van der Waals surface area contributed by atoms with Gasteiger partial charge in [0.2, 0.25) is 11.7 Å². The zero-order chi connectivity index (χ0) is 21.9. The number of quaternary nitrogens is 1. The largest absolute Gasteiger partial charge is 0.449 e. The number of fused-ring (bicyclic) bond motifs is 1. The first-order valence-corrected chi connectivity index (χ1v) is 11.6. The van der Waals surface area contributed by atoms with Gasteiger partial charge in [-0.05, 0) is 55.5 Å². The maximum absolute atomic E-state index is 11.7. The molecule has 1 aromatic carbocycles. The summed E-state index contributed by atoms with van der Waals surface area (Å²) >= 11 is 1.61. The number of hydrogen-bond acceptors (Lipinski definition) is 7.